The highest BCUT2D eigenvalue weighted by atomic mass is 32.2. The predicted molar refractivity (Wildman–Crippen MR) is 38.8 cm³/mol. The second kappa shape index (κ2) is 4.28. The zero-order valence-electron chi connectivity index (χ0n) is 6.36. The molecule has 0 saturated heterocycles. The molecular weight excluding hydrogens is 168 g/mol. The lowest BCUT2D eigenvalue weighted by atomic mass is 10.5. The minimum absolute atomic E-state index is 0.234. The van der Waals surface area contributed by atoms with Crippen molar-refractivity contribution in [1.29, 1.82) is 5.26 Å². The van der Waals surface area contributed by atoms with Crippen molar-refractivity contribution in [3.63, 3.8) is 0 Å². The fraction of sp³-hybridized carbons (Fsp3) is 0.800. The van der Waals surface area contributed by atoms with Gasteiger partial charge >= 0.3 is 0 Å². The third kappa shape index (κ3) is 3.32. The molecule has 0 aliphatic heterocycles. The fourth-order valence-electron chi connectivity index (χ4n) is 0.283. The summed E-state index contributed by atoms with van der Waals surface area (Å²) >= 11 is 0. The highest BCUT2D eigenvalue weighted by molar-refractivity contribution is 7.90. The quantitative estimate of drug-likeness (QED) is 0.603. The van der Waals surface area contributed by atoms with Crippen LogP contribution >= 0.6 is 0 Å². The number of nitriles is 1. The molecule has 0 heterocycles. The Hall–Kier alpha value is -0.640. The van der Waals surface area contributed by atoms with Gasteiger partial charge in [-0.15, -0.1) is 0 Å². The summed E-state index contributed by atoms with van der Waals surface area (Å²) in [6, 6.07) is 1.58. The van der Waals surface area contributed by atoms with Crippen molar-refractivity contribution < 1.29 is 13.3 Å². The largest absolute Gasteiger partial charge is 0.287 e. The molecule has 0 radical (unpaired) electrons. The summed E-state index contributed by atoms with van der Waals surface area (Å²) in [5.41, 5.74) is 0. The summed E-state index contributed by atoms with van der Waals surface area (Å²) in [4.78, 5) is 6.24. The van der Waals surface area contributed by atoms with Gasteiger partial charge in [-0.05, 0) is 13.8 Å². The van der Waals surface area contributed by atoms with Gasteiger partial charge in [0.25, 0.3) is 0 Å². The van der Waals surface area contributed by atoms with Crippen LogP contribution in [0.15, 0.2) is 0 Å². The summed E-state index contributed by atoms with van der Waals surface area (Å²) in [5, 5.41) is 7.16. The molecule has 5 nitrogen and oxygen atoms in total. The SMILES string of the molecule is CCONS(=O)(=O)C(C)C#N. The molecule has 0 aromatic rings. The van der Waals surface area contributed by atoms with Crippen molar-refractivity contribution in [2.24, 2.45) is 0 Å². The molecule has 1 N–H and O–H groups in total. The van der Waals surface area contributed by atoms with Crippen LogP contribution in [0.3, 0.4) is 0 Å². The molecule has 6 heteroatoms. The maximum atomic E-state index is 10.9. The predicted octanol–water partition coefficient (Wildman–Crippen LogP) is -0.231. The minimum Gasteiger partial charge on any atom is -0.287 e. The molecule has 0 aromatic carbocycles. The molecule has 1 unspecified atom stereocenters. The smallest absolute Gasteiger partial charge is 0.249 e. The topological polar surface area (TPSA) is 79.2 Å². The van der Waals surface area contributed by atoms with Crippen LogP contribution in [0.4, 0.5) is 0 Å². The van der Waals surface area contributed by atoms with E-state index in [-0.39, 0.29) is 6.61 Å². The number of sulfonamides is 1. The first-order chi connectivity index (χ1) is 5.04. The zero-order valence-corrected chi connectivity index (χ0v) is 7.18. The van der Waals surface area contributed by atoms with Gasteiger partial charge in [0.1, 0.15) is 0 Å². The maximum absolute atomic E-state index is 10.9. The van der Waals surface area contributed by atoms with E-state index in [1.54, 1.807) is 13.0 Å². The van der Waals surface area contributed by atoms with E-state index >= 15 is 0 Å². The van der Waals surface area contributed by atoms with Crippen LogP contribution in [0.5, 0.6) is 0 Å². The first kappa shape index (κ1) is 10.4. The van der Waals surface area contributed by atoms with Crippen molar-refractivity contribution in [2.45, 2.75) is 19.1 Å². The monoisotopic (exact) mass is 178 g/mol. The van der Waals surface area contributed by atoms with E-state index in [2.05, 4.69) is 4.84 Å². The van der Waals surface area contributed by atoms with Crippen molar-refractivity contribution in [1.82, 2.24) is 4.89 Å². The average Bonchev–Trinajstić information content (AvgIpc) is 1.99. The van der Waals surface area contributed by atoms with Crippen LogP contribution in [-0.4, -0.2) is 20.3 Å². The molecule has 0 rings (SSSR count). The Bertz CT molecular complexity index is 241. The van der Waals surface area contributed by atoms with E-state index in [0.717, 1.165) is 0 Å². The second-order valence-electron chi connectivity index (χ2n) is 1.83. The lowest BCUT2D eigenvalue weighted by Gasteiger charge is -2.05. The van der Waals surface area contributed by atoms with Crippen LogP contribution in [-0.2, 0) is 14.9 Å². The van der Waals surface area contributed by atoms with E-state index < -0.39 is 15.3 Å². The third-order valence-corrected chi connectivity index (χ3v) is 2.35. The van der Waals surface area contributed by atoms with Gasteiger partial charge in [-0.1, -0.05) is 4.89 Å². The van der Waals surface area contributed by atoms with Gasteiger partial charge in [0.15, 0.2) is 5.25 Å². The summed E-state index contributed by atoms with van der Waals surface area (Å²) in [5.74, 6) is 0. The van der Waals surface area contributed by atoms with Crippen LogP contribution in [0.25, 0.3) is 0 Å². The molecule has 0 bridgehead atoms. The van der Waals surface area contributed by atoms with Crippen molar-refractivity contribution in [3.05, 3.63) is 0 Å². The number of rotatable bonds is 4. The average molecular weight is 178 g/mol. The molecule has 1 atom stereocenters. The van der Waals surface area contributed by atoms with E-state index in [1.807, 2.05) is 4.89 Å². The molecule has 0 saturated carbocycles. The Kier molecular flexibility index (Phi) is 4.03. The maximum Gasteiger partial charge on any atom is 0.249 e. The lowest BCUT2D eigenvalue weighted by molar-refractivity contribution is 0.105. The first-order valence-electron chi connectivity index (χ1n) is 3.06. The molecule has 0 aliphatic rings. The molecule has 0 amide bonds. The molecule has 0 fully saturated rings. The Morgan fingerprint density at radius 2 is 2.27 bits per heavy atom. The lowest BCUT2D eigenvalue weighted by Crippen LogP contribution is -2.31. The van der Waals surface area contributed by atoms with Gasteiger partial charge < -0.3 is 0 Å². The normalized spacial score (nSPS) is 13.9. The summed E-state index contributed by atoms with van der Waals surface area (Å²) in [7, 11) is -3.61. The Morgan fingerprint density at radius 1 is 1.73 bits per heavy atom. The second-order valence-corrected chi connectivity index (χ2v) is 3.80. The van der Waals surface area contributed by atoms with Crippen LogP contribution < -0.4 is 4.89 Å². The summed E-state index contributed by atoms with van der Waals surface area (Å²) in [6.07, 6.45) is 0. The van der Waals surface area contributed by atoms with E-state index in [4.69, 9.17) is 5.26 Å². The number of hydrogen-bond donors (Lipinski definition) is 1. The van der Waals surface area contributed by atoms with Crippen molar-refractivity contribution >= 4 is 10.0 Å². The van der Waals surface area contributed by atoms with Gasteiger partial charge in [0, 0.05) is 0 Å². The van der Waals surface area contributed by atoms with Crippen molar-refractivity contribution in [3.8, 4) is 6.07 Å². The van der Waals surface area contributed by atoms with Gasteiger partial charge in [0.2, 0.25) is 10.0 Å². The zero-order chi connectivity index (χ0) is 8.91. The molecule has 0 spiro atoms. The standard InChI is InChI=1S/C5H10N2O3S/c1-3-10-7-11(8,9)5(2)4-6/h5,7H,3H2,1-2H3. The van der Waals surface area contributed by atoms with Crippen LogP contribution in [0, 0.1) is 11.3 Å². The van der Waals surface area contributed by atoms with Crippen LogP contribution in [0.2, 0.25) is 0 Å². The van der Waals surface area contributed by atoms with Gasteiger partial charge in [-0.3, -0.25) is 4.84 Å². The van der Waals surface area contributed by atoms with Crippen LogP contribution in [0.1, 0.15) is 13.8 Å². The van der Waals surface area contributed by atoms with Gasteiger partial charge in [0.05, 0.1) is 12.7 Å². The Morgan fingerprint density at radius 3 is 2.64 bits per heavy atom. The van der Waals surface area contributed by atoms with Crippen molar-refractivity contribution in [2.75, 3.05) is 6.61 Å². The van der Waals surface area contributed by atoms with E-state index in [1.165, 1.54) is 6.92 Å². The van der Waals surface area contributed by atoms with Gasteiger partial charge in [-0.25, -0.2) is 8.42 Å². The molecule has 0 aromatic heterocycles. The minimum atomic E-state index is -3.61. The summed E-state index contributed by atoms with van der Waals surface area (Å²) in [6.45, 7) is 3.15. The molecule has 11 heavy (non-hydrogen) atoms. The number of nitrogens with one attached hydrogen (secondary N) is 1. The highest BCUT2D eigenvalue weighted by Crippen LogP contribution is 1.94. The highest BCUT2D eigenvalue weighted by Gasteiger charge is 2.19. The first-order valence-corrected chi connectivity index (χ1v) is 4.61. The van der Waals surface area contributed by atoms with Gasteiger partial charge in [-0.2, -0.15) is 5.26 Å². The van der Waals surface area contributed by atoms with E-state index in [0.29, 0.717) is 0 Å². The number of hydrogen-bond acceptors (Lipinski definition) is 4. The molecule has 0 aliphatic carbocycles. The number of nitrogens with zero attached hydrogens (tertiary/aromatic N) is 1. The molecular formula is C5H10N2O3S. The Balaban J connectivity index is 4.15. The summed E-state index contributed by atoms with van der Waals surface area (Å²) < 4.78 is 21.7. The molecule has 64 valence electrons. The Labute approximate surface area is 66.0 Å². The fourth-order valence-corrected chi connectivity index (χ4v) is 0.848. The van der Waals surface area contributed by atoms with E-state index in [9.17, 15) is 8.42 Å². The third-order valence-electron chi connectivity index (χ3n) is 0.967.